The summed E-state index contributed by atoms with van der Waals surface area (Å²) in [6, 6.07) is -0.377. The monoisotopic (exact) mass is 222 g/mol. The molecule has 0 unspecified atom stereocenters. The Morgan fingerprint density at radius 2 is 1.88 bits per heavy atom. The Bertz CT molecular complexity index is 349. The standard InChI is InChI=1S/C12H18N2O2/c1-6-13-10(15)12(5,8-9(3)4)14(7-2)11(13)16/h6-7,9H,1-2,8H2,3-5H3/t12-/m1/s1. The van der Waals surface area contributed by atoms with Gasteiger partial charge in [-0.25, -0.2) is 9.69 Å². The molecule has 88 valence electrons. The summed E-state index contributed by atoms with van der Waals surface area (Å²) in [5.41, 5.74) is -0.832. The van der Waals surface area contributed by atoms with Gasteiger partial charge in [0.05, 0.1) is 0 Å². The van der Waals surface area contributed by atoms with Gasteiger partial charge in [0, 0.05) is 12.4 Å². The van der Waals surface area contributed by atoms with Crippen LogP contribution in [0.4, 0.5) is 4.79 Å². The molecule has 1 aliphatic rings. The molecule has 1 rings (SSSR count). The molecule has 0 aromatic heterocycles. The maximum atomic E-state index is 12.1. The second-order valence-corrected chi connectivity index (χ2v) is 4.56. The molecule has 0 bridgehead atoms. The van der Waals surface area contributed by atoms with Crippen molar-refractivity contribution >= 4 is 11.9 Å². The molecule has 0 N–H and O–H groups in total. The predicted octanol–water partition coefficient (Wildman–Crippen LogP) is 2.34. The number of nitrogens with zero attached hydrogens (tertiary/aromatic N) is 2. The van der Waals surface area contributed by atoms with Crippen LogP contribution in [0.3, 0.4) is 0 Å². The second-order valence-electron chi connectivity index (χ2n) is 4.56. The van der Waals surface area contributed by atoms with Crippen LogP contribution >= 0.6 is 0 Å². The van der Waals surface area contributed by atoms with E-state index in [0.717, 1.165) is 4.90 Å². The van der Waals surface area contributed by atoms with Gasteiger partial charge in [0.1, 0.15) is 5.54 Å². The van der Waals surface area contributed by atoms with Crippen molar-refractivity contribution in [3.63, 3.8) is 0 Å². The zero-order valence-electron chi connectivity index (χ0n) is 10.1. The molecular weight excluding hydrogens is 204 g/mol. The molecule has 4 heteroatoms. The summed E-state index contributed by atoms with van der Waals surface area (Å²) in [7, 11) is 0. The first-order valence-corrected chi connectivity index (χ1v) is 5.30. The lowest BCUT2D eigenvalue weighted by Crippen LogP contribution is -2.45. The molecule has 0 spiro atoms. The molecule has 0 saturated carbocycles. The molecule has 1 aliphatic heterocycles. The van der Waals surface area contributed by atoms with Crippen LogP contribution in [0.1, 0.15) is 27.2 Å². The number of hydrogen-bond donors (Lipinski definition) is 0. The van der Waals surface area contributed by atoms with E-state index in [0.29, 0.717) is 12.3 Å². The van der Waals surface area contributed by atoms with Gasteiger partial charge >= 0.3 is 6.03 Å². The molecule has 1 heterocycles. The quantitative estimate of drug-likeness (QED) is 0.685. The number of urea groups is 1. The summed E-state index contributed by atoms with van der Waals surface area (Å²) in [5, 5.41) is 0. The van der Waals surface area contributed by atoms with Crippen LogP contribution in [0.2, 0.25) is 0 Å². The van der Waals surface area contributed by atoms with Gasteiger partial charge in [-0.1, -0.05) is 27.0 Å². The van der Waals surface area contributed by atoms with Gasteiger partial charge in [-0.2, -0.15) is 0 Å². The molecular formula is C12H18N2O2. The molecule has 0 radical (unpaired) electrons. The van der Waals surface area contributed by atoms with Crippen LogP contribution in [-0.4, -0.2) is 27.3 Å². The summed E-state index contributed by atoms with van der Waals surface area (Å²) < 4.78 is 0. The molecule has 16 heavy (non-hydrogen) atoms. The number of hydrogen-bond acceptors (Lipinski definition) is 2. The first-order chi connectivity index (χ1) is 7.38. The molecule has 1 atom stereocenters. The fourth-order valence-corrected chi connectivity index (χ4v) is 2.20. The van der Waals surface area contributed by atoms with Crippen molar-refractivity contribution in [2.75, 3.05) is 0 Å². The van der Waals surface area contributed by atoms with E-state index in [9.17, 15) is 9.59 Å². The number of rotatable bonds is 4. The van der Waals surface area contributed by atoms with Crippen LogP contribution in [-0.2, 0) is 4.79 Å². The van der Waals surface area contributed by atoms with Crippen LogP contribution in [0.25, 0.3) is 0 Å². The van der Waals surface area contributed by atoms with Gasteiger partial charge < -0.3 is 0 Å². The number of carbonyl (C=O) groups excluding carboxylic acids is 2. The topological polar surface area (TPSA) is 40.6 Å². The third-order valence-corrected chi connectivity index (χ3v) is 2.79. The molecule has 0 aliphatic carbocycles. The van der Waals surface area contributed by atoms with Crippen molar-refractivity contribution in [3.8, 4) is 0 Å². The summed E-state index contributed by atoms with van der Waals surface area (Å²) >= 11 is 0. The zero-order chi connectivity index (χ0) is 12.5. The lowest BCUT2D eigenvalue weighted by atomic mass is 9.89. The Kier molecular flexibility index (Phi) is 3.21. The molecule has 0 aromatic carbocycles. The minimum Gasteiger partial charge on any atom is -0.286 e. The molecule has 1 fully saturated rings. The Balaban J connectivity index is 3.16. The van der Waals surface area contributed by atoms with Gasteiger partial charge in [-0.3, -0.25) is 9.69 Å². The molecule has 4 nitrogen and oxygen atoms in total. The van der Waals surface area contributed by atoms with Crippen molar-refractivity contribution in [2.45, 2.75) is 32.7 Å². The third kappa shape index (κ3) is 1.64. The van der Waals surface area contributed by atoms with Crippen LogP contribution in [0.15, 0.2) is 25.6 Å². The van der Waals surface area contributed by atoms with E-state index in [1.807, 2.05) is 13.8 Å². The molecule has 0 aromatic rings. The lowest BCUT2D eigenvalue weighted by Gasteiger charge is -2.30. The van der Waals surface area contributed by atoms with Crippen molar-refractivity contribution < 1.29 is 9.59 Å². The van der Waals surface area contributed by atoms with Crippen molar-refractivity contribution in [2.24, 2.45) is 5.92 Å². The van der Waals surface area contributed by atoms with Gasteiger partial charge in [0.2, 0.25) is 0 Å². The zero-order valence-corrected chi connectivity index (χ0v) is 10.1. The van der Waals surface area contributed by atoms with Crippen molar-refractivity contribution in [1.82, 2.24) is 9.80 Å². The highest BCUT2D eigenvalue weighted by Gasteiger charge is 2.52. The van der Waals surface area contributed by atoms with E-state index in [-0.39, 0.29) is 11.9 Å². The van der Waals surface area contributed by atoms with Gasteiger partial charge in [0.15, 0.2) is 0 Å². The SMILES string of the molecule is C=CN1C(=O)N(C=C)[C@](C)(CC(C)C)C1=O. The maximum Gasteiger partial charge on any atom is 0.335 e. The first kappa shape index (κ1) is 12.5. The van der Waals surface area contributed by atoms with Crippen molar-refractivity contribution in [3.05, 3.63) is 25.6 Å². The summed E-state index contributed by atoms with van der Waals surface area (Å²) in [4.78, 5) is 26.4. The minimum atomic E-state index is -0.832. The highest BCUT2D eigenvalue weighted by atomic mass is 16.2. The van der Waals surface area contributed by atoms with Gasteiger partial charge in [-0.05, 0) is 19.3 Å². The summed E-state index contributed by atoms with van der Waals surface area (Å²) in [6.07, 6.45) is 3.27. The van der Waals surface area contributed by atoms with Crippen LogP contribution < -0.4 is 0 Å². The summed E-state index contributed by atoms with van der Waals surface area (Å²) in [5.74, 6) is 0.0788. The van der Waals surface area contributed by atoms with Gasteiger partial charge in [0.25, 0.3) is 5.91 Å². The Labute approximate surface area is 96.2 Å². The van der Waals surface area contributed by atoms with E-state index in [1.165, 1.54) is 17.3 Å². The summed E-state index contributed by atoms with van der Waals surface area (Å²) in [6.45, 7) is 12.9. The predicted molar refractivity (Wildman–Crippen MR) is 62.3 cm³/mol. The smallest absolute Gasteiger partial charge is 0.286 e. The van der Waals surface area contributed by atoms with E-state index >= 15 is 0 Å². The number of amides is 3. The minimum absolute atomic E-state index is 0.235. The second kappa shape index (κ2) is 4.12. The average molecular weight is 222 g/mol. The lowest BCUT2D eigenvalue weighted by molar-refractivity contribution is -0.131. The van der Waals surface area contributed by atoms with Crippen molar-refractivity contribution in [1.29, 1.82) is 0 Å². The normalized spacial score (nSPS) is 25.5. The fraction of sp³-hybridized carbons (Fsp3) is 0.500. The largest absolute Gasteiger partial charge is 0.335 e. The number of imide groups is 1. The number of carbonyl (C=O) groups is 2. The molecule has 3 amide bonds. The van der Waals surface area contributed by atoms with E-state index in [4.69, 9.17) is 0 Å². The van der Waals surface area contributed by atoms with E-state index in [1.54, 1.807) is 6.92 Å². The first-order valence-electron chi connectivity index (χ1n) is 5.30. The van der Waals surface area contributed by atoms with Crippen LogP contribution in [0, 0.1) is 5.92 Å². The van der Waals surface area contributed by atoms with Gasteiger partial charge in [-0.15, -0.1) is 0 Å². The Morgan fingerprint density at radius 3 is 2.25 bits per heavy atom. The highest BCUT2D eigenvalue weighted by Crippen LogP contribution is 2.33. The third-order valence-electron chi connectivity index (χ3n) is 2.79. The maximum absolute atomic E-state index is 12.1. The Morgan fingerprint density at radius 1 is 1.31 bits per heavy atom. The Hall–Kier alpha value is -1.58. The van der Waals surface area contributed by atoms with E-state index in [2.05, 4.69) is 13.2 Å². The average Bonchev–Trinajstić information content (AvgIpc) is 2.34. The highest BCUT2D eigenvalue weighted by molar-refractivity contribution is 6.08. The van der Waals surface area contributed by atoms with E-state index < -0.39 is 5.54 Å². The fourth-order valence-electron chi connectivity index (χ4n) is 2.20. The van der Waals surface area contributed by atoms with Crippen LogP contribution in [0.5, 0.6) is 0 Å². The molecule has 1 saturated heterocycles.